The molecule has 13 heavy (non-hydrogen) atoms. The maximum absolute atomic E-state index is 9.55. The second-order valence-corrected chi connectivity index (χ2v) is 3.28. The molecule has 0 atom stereocenters. The summed E-state index contributed by atoms with van der Waals surface area (Å²) in [4.78, 5) is 4.06. The minimum atomic E-state index is -0.827. The van der Waals surface area contributed by atoms with Crippen LogP contribution in [0.1, 0.15) is 39.0 Å². The van der Waals surface area contributed by atoms with E-state index < -0.39 is 5.60 Å². The molecular formula is C11H19NO. The third kappa shape index (κ3) is 4.04. The van der Waals surface area contributed by atoms with Crippen molar-refractivity contribution in [2.75, 3.05) is 0 Å². The van der Waals surface area contributed by atoms with Crippen molar-refractivity contribution in [1.82, 2.24) is 4.98 Å². The highest BCUT2D eigenvalue weighted by atomic mass is 16.3. The molecule has 0 amide bonds. The number of nitrogens with zero attached hydrogens (tertiary/aromatic N) is 1. The second kappa shape index (κ2) is 4.97. The second-order valence-electron chi connectivity index (χ2n) is 3.28. The van der Waals surface area contributed by atoms with Gasteiger partial charge in [0.25, 0.3) is 0 Å². The molecule has 0 bridgehead atoms. The largest absolute Gasteiger partial charge is 0.384 e. The molecule has 0 aliphatic rings. The smallest absolute Gasteiger partial charge is 0.101 e. The lowest BCUT2D eigenvalue weighted by Crippen LogP contribution is -2.17. The van der Waals surface area contributed by atoms with Crippen LogP contribution in [0.25, 0.3) is 0 Å². The summed E-state index contributed by atoms with van der Waals surface area (Å²) in [5.74, 6) is 0. The topological polar surface area (TPSA) is 33.1 Å². The Bertz CT molecular complexity index is 251. The van der Waals surface area contributed by atoms with Crippen LogP contribution in [0.5, 0.6) is 0 Å². The monoisotopic (exact) mass is 181 g/mol. The average Bonchev–Trinajstić information content (AvgIpc) is 2.06. The SMILES string of the molecule is CC.Cc1ccnc(C(C)(C)O)c1. The van der Waals surface area contributed by atoms with Crippen LogP contribution in [0, 0.1) is 6.92 Å². The number of aryl methyl sites for hydroxylation is 1. The zero-order chi connectivity index (χ0) is 10.5. The van der Waals surface area contributed by atoms with Crippen molar-refractivity contribution in [3.63, 3.8) is 0 Å². The summed E-state index contributed by atoms with van der Waals surface area (Å²) in [6, 6.07) is 3.80. The Labute approximate surface area is 80.6 Å². The van der Waals surface area contributed by atoms with E-state index >= 15 is 0 Å². The van der Waals surface area contributed by atoms with Crippen molar-refractivity contribution in [3.05, 3.63) is 29.6 Å². The molecule has 0 spiro atoms. The predicted molar refractivity (Wildman–Crippen MR) is 55.6 cm³/mol. The Morgan fingerprint density at radius 3 is 2.15 bits per heavy atom. The lowest BCUT2D eigenvalue weighted by Gasteiger charge is -2.16. The highest BCUT2D eigenvalue weighted by molar-refractivity contribution is 5.18. The normalized spacial score (nSPS) is 10.3. The lowest BCUT2D eigenvalue weighted by atomic mass is 10.0. The molecule has 0 aromatic carbocycles. The first-order valence-corrected chi connectivity index (χ1v) is 4.65. The van der Waals surface area contributed by atoms with Crippen LogP contribution < -0.4 is 0 Å². The molecule has 0 unspecified atom stereocenters. The molecule has 2 heteroatoms. The van der Waals surface area contributed by atoms with Gasteiger partial charge in [-0.1, -0.05) is 13.8 Å². The van der Waals surface area contributed by atoms with Crippen LogP contribution in [-0.2, 0) is 5.60 Å². The fraction of sp³-hybridized carbons (Fsp3) is 0.545. The van der Waals surface area contributed by atoms with Gasteiger partial charge in [-0.15, -0.1) is 0 Å². The number of aromatic nitrogens is 1. The van der Waals surface area contributed by atoms with Crippen molar-refractivity contribution in [1.29, 1.82) is 0 Å². The van der Waals surface area contributed by atoms with Gasteiger partial charge in [-0.25, -0.2) is 0 Å². The Hall–Kier alpha value is -0.890. The average molecular weight is 181 g/mol. The number of rotatable bonds is 1. The number of pyridine rings is 1. The van der Waals surface area contributed by atoms with Gasteiger partial charge in [-0.2, -0.15) is 0 Å². The van der Waals surface area contributed by atoms with Gasteiger partial charge in [-0.05, 0) is 38.5 Å². The summed E-state index contributed by atoms with van der Waals surface area (Å²) in [5.41, 5.74) is 1.01. The fourth-order valence-corrected chi connectivity index (χ4v) is 0.871. The molecule has 1 aromatic heterocycles. The van der Waals surface area contributed by atoms with Crippen LogP contribution in [0.3, 0.4) is 0 Å². The van der Waals surface area contributed by atoms with Crippen molar-refractivity contribution in [2.45, 2.75) is 40.2 Å². The van der Waals surface area contributed by atoms with Crippen LogP contribution in [0.15, 0.2) is 18.3 Å². The molecule has 2 nitrogen and oxygen atoms in total. The molecule has 0 aliphatic heterocycles. The molecule has 0 radical (unpaired) electrons. The molecule has 0 saturated heterocycles. The molecule has 74 valence electrons. The van der Waals surface area contributed by atoms with Gasteiger partial charge in [-0.3, -0.25) is 4.98 Å². The summed E-state index contributed by atoms with van der Waals surface area (Å²) in [6.45, 7) is 9.44. The Morgan fingerprint density at radius 1 is 1.31 bits per heavy atom. The molecule has 1 aromatic rings. The van der Waals surface area contributed by atoms with Crippen LogP contribution in [0.4, 0.5) is 0 Å². The van der Waals surface area contributed by atoms with Gasteiger partial charge < -0.3 is 5.11 Å². The van der Waals surface area contributed by atoms with E-state index in [4.69, 9.17) is 0 Å². The van der Waals surface area contributed by atoms with Crippen molar-refractivity contribution in [2.24, 2.45) is 0 Å². The van der Waals surface area contributed by atoms with E-state index in [0.717, 1.165) is 11.3 Å². The Kier molecular flexibility index (Phi) is 4.63. The van der Waals surface area contributed by atoms with Crippen LogP contribution >= 0.6 is 0 Å². The van der Waals surface area contributed by atoms with E-state index in [1.165, 1.54) is 0 Å². The number of hydrogen-bond acceptors (Lipinski definition) is 2. The van der Waals surface area contributed by atoms with E-state index in [0.29, 0.717) is 0 Å². The minimum Gasteiger partial charge on any atom is -0.384 e. The van der Waals surface area contributed by atoms with E-state index in [9.17, 15) is 5.11 Å². The van der Waals surface area contributed by atoms with Crippen LogP contribution in [-0.4, -0.2) is 10.1 Å². The van der Waals surface area contributed by atoms with Gasteiger partial charge in [0.2, 0.25) is 0 Å². The van der Waals surface area contributed by atoms with Crippen molar-refractivity contribution >= 4 is 0 Å². The maximum Gasteiger partial charge on any atom is 0.101 e. The highest BCUT2D eigenvalue weighted by Crippen LogP contribution is 2.16. The van der Waals surface area contributed by atoms with Gasteiger partial charge >= 0.3 is 0 Å². The Morgan fingerprint density at radius 2 is 1.85 bits per heavy atom. The summed E-state index contributed by atoms with van der Waals surface area (Å²) in [6.07, 6.45) is 1.71. The van der Waals surface area contributed by atoms with E-state index in [2.05, 4.69) is 4.98 Å². The quantitative estimate of drug-likeness (QED) is 0.722. The molecule has 0 saturated carbocycles. The predicted octanol–water partition coefficient (Wildman–Crippen LogP) is 2.64. The summed E-state index contributed by atoms with van der Waals surface area (Å²) in [7, 11) is 0. The van der Waals surface area contributed by atoms with Crippen LogP contribution in [0.2, 0.25) is 0 Å². The third-order valence-corrected chi connectivity index (χ3v) is 1.54. The maximum atomic E-state index is 9.55. The molecule has 1 heterocycles. The van der Waals surface area contributed by atoms with Gasteiger partial charge in [0.15, 0.2) is 0 Å². The fourth-order valence-electron chi connectivity index (χ4n) is 0.871. The first-order valence-electron chi connectivity index (χ1n) is 4.65. The number of hydrogen-bond donors (Lipinski definition) is 1. The summed E-state index contributed by atoms with van der Waals surface area (Å²) >= 11 is 0. The van der Waals surface area contributed by atoms with Gasteiger partial charge in [0.05, 0.1) is 5.69 Å². The number of aliphatic hydroxyl groups is 1. The zero-order valence-electron chi connectivity index (χ0n) is 9.13. The van der Waals surface area contributed by atoms with Gasteiger partial charge in [0.1, 0.15) is 5.60 Å². The minimum absolute atomic E-state index is 0.720. The van der Waals surface area contributed by atoms with Crippen molar-refractivity contribution < 1.29 is 5.11 Å². The standard InChI is InChI=1S/C9H13NO.C2H6/c1-7-4-5-10-8(6-7)9(2,3)11;1-2/h4-6,11H,1-3H3;1-2H3. The molecule has 1 rings (SSSR count). The molecule has 0 aliphatic carbocycles. The van der Waals surface area contributed by atoms with Gasteiger partial charge in [0, 0.05) is 6.20 Å². The Balaban J connectivity index is 0.000000671. The summed E-state index contributed by atoms with van der Waals surface area (Å²) in [5, 5.41) is 9.55. The first kappa shape index (κ1) is 12.1. The summed E-state index contributed by atoms with van der Waals surface area (Å²) < 4.78 is 0. The zero-order valence-corrected chi connectivity index (χ0v) is 9.13. The van der Waals surface area contributed by atoms with E-state index in [1.54, 1.807) is 20.0 Å². The molecule has 1 N–H and O–H groups in total. The highest BCUT2D eigenvalue weighted by Gasteiger charge is 2.16. The van der Waals surface area contributed by atoms with Crippen molar-refractivity contribution in [3.8, 4) is 0 Å². The lowest BCUT2D eigenvalue weighted by molar-refractivity contribution is 0.0738. The third-order valence-electron chi connectivity index (χ3n) is 1.54. The first-order chi connectivity index (χ1) is 6.00. The van der Waals surface area contributed by atoms with E-state index in [-0.39, 0.29) is 0 Å². The molecule has 0 fully saturated rings. The van der Waals surface area contributed by atoms with E-state index in [1.807, 2.05) is 32.9 Å². The molecular weight excluding hydrogens is 162 g/mol.